The van der Waals surface area contributed by atoms with Crippen LogP contribution in [0.15, 0.2) is 29.2 Å². The van der Waals surface area contributed by atoms with Crippen LogP contribution >= 0.6 is 23.1 Å². The summed E-state index contributed by atoms with van der Waals surface area (Å²) in [5.74, 6) is -0.544. The second-order valence-corrected chi connectivity index (χ2v) is 8.38. The smallest absolute Gasteiger partial charge is 0.341 e. The molecule has 2 heterocycles. The van der Waals surface area contributed by atoms with Crippen LogP contribution in [0.4, 0.5) is 5.00 Å². The number of quaternary nitrogens is 1. The number of likely N-dealkylation sites (N-methyl/N-ethyl adjacent to an activating group) is 1. The molecule has 2 aromatic rings. The minimum Gasteiger partial charge on any atom is -0.462 e. The number of benzene rings is 1. The zero-order chi connectivity index (χ0) is 19.4. The third kappa shape index (κ3) is 4.36. The molecule has 0 radical (unpaired) electrons. The molecule has 0 spiro atoms. The highest BCUT2D eigenvalue weighted by atomic mass is 32.2. The molecule has 0 aliphatic carbocycles. The van der Waals surface area contributed by atoms with Crippen molar-refractivity contribution in [3.63, 3.8) is 0 Å². The van der Waals surface area contributed by atoms with E-state index < -0.39 is 0 Å². The van der Waals surface area contributed by atoms with E-state index >= 15 is 0 Å². The molecule has 5 nitrogen and oxygen atoms in total. The van der Waals surface area contributed by atoms with Crippen molar-refractivity contribution in [3.8, 4) is 0 Å². The SMILES string of the molecule is CCOC(=O)c1c(NC(=O)c2cccc(SC)c2)sc2c1CC[NH+](CC)C2. The lowest BCUT2D eigenvalue weighted by atomic mass is 10.0. The van der Waals surface area contributed by atoms with Gasteiger partial charge in [-0.25, -0.2) is 4.79 Å². The van der Waals surface area contributed by atoms with E-state index in [4.69, 9.17) is 4.74 Å². The van der Waals surface area contributed by atoms with E-state index in [2.05, 4.69) is 12.2 Å². The van der Waals surface area contributed by atoms with Gasteiger partial charge >= 0.3 is 5.97 Å². The van der Waals surface area contributed by atoms with E-state index in [-0.39, 0.29) is 11.9 Å². The molecule has 144 valence electrons. The van der Waals surface area contributed by atoms with Crippen LogP contribution in [-0.2, 0) is 17.7 Å². The second-order valence-electron chi connectivity index (χ2n) is 6.39. The van der Waals surface area contributed by atoms with E-state index in [0.717, 1.165) is 36.5 Å². The Bertz CT molecular complexity index is 848. The van der Waals surface area contributed by atoms with Crippen LogP contribution in [0.1, 0.15) is 45.0 Å². The van der Waals surface area contributed by atoms with Crippen molar-refractivity contribution in [2.75, 3.05) is 31.3 Å². The van der Waals surface area contributed by atoms with Crippen LogP contribution in [-0.4, -0.2) is 37.8 Å². The maximum atomic E-state index is 12.8. The lowest BCUT2D eigenvalue weighted by Gasteiger charge is -2.22. The zero-order valence-electron chi connectivity index (χ0n) is 15.9. The van der Waals surface area contributed by atoms with Crippen molar-refractivity contribution in [2.45, 2.75) is 31.7 Å². The lowest BCUT2D eigenvalue weighted by molar-refractivity contribution is -0.913. The van der Waals surface area contributed by atoms with Crippen LogP contribution in [0.2, 0.25) is 0 Å². The summed E-state index contributed by atoms with van der Waals surface area (Å²) in [6.45, 7) is 7.22. The maximum Gasteiger partial charge on any atom is 0.341 e. The molecular weight excluding hydrogens is 380 g/mol. The minimum absolute atomic E-state index is 0.199. The first-order valence-electron chi connectivity index (χ1n) is 9.18. The lowest BCUT2D eigenvalue weighted by Crippen LogP contribution is -3.11. The summed E-state index contributed by atoms with van der Waals surface area (Å²) in [4.78, 5) is 29.1. The molecule has 1 atom stereocenters. The molecule has 1 aromatic heterocycles. The van der Waals surface area contributed by atoms with E-state index in [0.29, 0.717) is 22.7 Å². The number of ether oxygens (including phenoxy) is 1. The Balaban J connectivity index is 1.92. The maximum absolute atomic E-state index is 12.8. The molecule has 1 aromatic carbocycles. The number of thiophene rings is 1. The molecule has 0 bridgehead atoms. The first kappa shape index (κ1) is 19.9. The van der Waals surface area contributed by atoms with Gasteiger partial charge in [0.15, 0.2) is 0 Å². The summed E-state index contributed by atoms with van der Waals surface area (Å²) in [5.41, 5.74) is 2.18. The number of thioether (sulfide) groups is 1. The van der Waals surface area contributed by atoms with Gasteiger partial charge in [0, 0.05) is 16.9 Å². The highest BCUT2D eigenvalue weighted by molar-refractivity contribution is 7.98. The number of carbonyl (C=O) groups is 2. The van der Waals surface area contributed by atoms with Crippen LogP contribution in [0.25, 0.3) is 0 Å². The van der Waals surface area contributed by atoms with Crippen molar-refractivity contribution in [3.05, 3.63) is 45.8 Å². The van der Waals surface area contributed by atoms with Gasteiger partial charge in [0.2, 0.25) is 0 Å². The molecule has 3 rings (SSSR count). The van der Waals surface area contributed by atoms with Crippen LogP contribution in [0.3, 0.4) is 0 Å². The van der Waals surface area contributed by atoms with Gasteiger partial charge in [0.05, 0.1) is 30.1 Å². The van der Waals surface area contributed by atoms with Gasteiger partial charge in [-0.05, 0) is 43.9 Å². The average molecular weight is 406 g/mol. The fourth-order valence-corrected chi connectivity index (χ4v) is 5.05. The third-order valence-electron chi connectivity index (χ3n) is 4.77. The minimum atomic E-state index is -0.344. The van der Waals surface area contributed by atoms with Crippen molar-refractivity contribution < 1.29 is 19.2 Å². The molecule has 2 N–H and O–H groups in total. The average Bonchev–Trinajstić information content (AvgIpc) is 3.04. The molecule has 1 aliphatic rings. The summed E-state index contributed by atoms with van der Waals surface area (Å²) in [7, 11) is 0. The van der Waals surface area contributed by atoms with Crippen molar-refractivity contribution >= 4 is 40.0 Å². The number of anilines is 1. The molecule has 0 saturated carbocycles. The first-order valence-corrected chi connectivity index (χ1v) is 11.2. The van der Waals surface area contributed by atoms with Gasteiger partial charge in [-0.3, -0.25) is 4.79 Å². The normalized spacial score (nSPS) is 15.9. The second kappa shape index (κ2) is 8.91. The predicted molar refractivity (Wildman–Crippen MR) is 110 cm³/mol. The highest BCUT2D eigenvalue weighted by Crippen LogP contribution is 2.35. The molecule has 0 fully saturated rings. The molecule has 1 unspecified atom stereocenters. The fourth-order valence-electron chi connectivity index (χ4n) is 3.29. The summed E-state index contributed by atoms with van der Waals surface area (Å²) >= 11 is 3.10. The van der Waals surface area contributed by atoms with Gasteiger partial charge in [0.25, 0.3) is 5.91 Å². The van der Waals surface area contributed by atoms with E-state index in [1.807, 2.05) is 24.5 Å². The van der Waals surface area contributed by atoms with Crippen molar-refractivity contribution in [1.82, 2.24) is 0 Å². The summed E-state index contributed by atoms with van der Waals surface area (Å²) in [5, 5.41) is 3.57. The van der Waals surface area contributed by atoms with E-state index in [9.17, 15) is 9.59 Å². The number of fused-ring (bicyclic) bond motifs is 1. The number of hydrogen-bond donors (Lipinski definition) is 2. The highest BCUT2D eigenvalue weighted by Gasteiger charge is 2.30. The standard InChI is InChI=1S/C20H24N2O3S2/c1-4-22-10-9-15-16(12-22)27-19(17(15)20(24)25-5-2)21-18(23)13-7-6-8-14(11-13)26-3/h6-8,11H,4-5,9-10,12H2,1-3H3,(H,21,23)/p+1. The number of nitrogens with one attached hydrogen (secondary N) is 2. The fraction of sp³-hybridized carbons (Fsp3) is 0.400. The van der Waals surface area contributed by atoms with Crippen molar-refractivity contribution in [1.29, 1.82) is 0 Å². The monoisotopic (exact) mass is 405 g/mol. The van der Waals surface area contributed by atoms with Gasteiger partial charge < -0.3 is 15.0 Å². The van der Waals surface area contributed by atoms with Crippen LogP contribution in [0, 0.1) is 0 Å². The summed E-state index contributed by atoms with van der Waals surface area (Å²) in [6, 6.07) is 7.49. The number of rotatable bonds is 6. The Hall–Kier alpha value is -1.83. The Kier molecular flexibility index (Phi) is 6.57. The summed E-state index contributed by atoms with van der Waals surface area (Å²) < 4.78 is 5.28. The van der Waals surface area contributed by atoms with Gasteiger partial charge in [0.1, 0.15) is 11.5 Å². The van der Waals surface area contributed by atoms with Gasteiger partial charge in [-0.1, -0.05) is 6.07 Å². The quantitative estimate of drug-likeness (QED) is 0.573. The summed E-state index contributed by atoms with van der Waals surface area (Å²) in [6.07, 6.45) is 2.81. The van der Waals surface area contributed by atoms with Gasteiger partial charge in [-0.15, -0.1) is 23.1 Å². The molecule has 27 heavy (non-hydrogen) atoms. The molecule has 0 saturated heterocycles. The van der Waals surface area contributed by atoms with Gasteiger partial charge in [-0.2, -0.15) is 0 Å². The molecular formula is C20H25N2O3S2+. The Morgan fingerprint density at radius 2 is 2.15 bits per heavy atom. The Labute approximate surface area is 168 Å². The number of hydrogen-bond acceptors (Lipinski definition) is 5. The number of amides is 1. The molecule has 1 amide bonds. The predicted octanol–water partition coefficient (Wildman–Crippen LogP) is 2.86. The van der Waals surface area contributed by atoms with Crippen LogP contribution < -0.4 is 10.2 Å². The number of esters is 1. The van der Waals surface area contributed by atoms with Crippen LogP contribution in [0.5, 0.6) is 0 Å². The molecule has 7 heteroatoms. The number of carbonyl (C=O) groups excluding carboxylic acids is 2. The van der Waals surface area contributed by atoms with E-state index in [1.54, 1.807) is 24.8 Å². The van der Waals surface area contributed by atoms with Crippen molar-refractivity contribution in [2.24, 2.45) is 0 Å². The first-order chi connectivity index (χ1) is 13.1. The molecule has 1 aliphatic heterocycles. The van der Waals surface area contributed by atoms with E-state index in [1.165, 1.54) is 21.1 Å². The largest absolute Gasteiger partial charge is 0.462 e. The Morgan fingerprint density at radius 1 is 1.33 bits per heavy atom. The zero-order valence-corrected chi connectivity index (χ0v) is 17.5. The Morgan fingerprint density at radius 3 is 2.85 bits per heavy atom. The topological polar surface area (TPSA) is 59.8 Å². The third-order valence-corrected chi connectivity index (χ3v) is 6.64.